The van der Waals surface area contributed by atoms with Crippen LogP contribution in [-0.2, 0) is 13.1 Å². The van der Waals surface area contributed by atoms with Crippen molar-refractivity contribution >= 4 is 11.6 Å². The summed E-state index contributed by atoms with van der Waals surface area (Å²) < 4.78 is 18.6. The predicted octanol–water partition coefficient (Wildman–Crippen LogP) is 4.00. The molecule has 31 heavy (non-hydrogen) atoms. The Kier molecular flexibility index (Phi) is 6.44. The molecule has 1 aliphatic heterocycles. The van der Waals surface area contributed by atoms with Gasteiger partial charge in [-0.25, -0.2) is 9.37 Å². The first-order valence-electron chi connectivity index (χ1n) is 10.5. The second kappa shape index (κ2) is 9.41. The minimum atomic E-state index is -0.276. The number of hydrogen-bond donors (Lipinski definition) is 1. The molecule has 3 aromatic rings. The van der Waals surface area contributed by atoms with Crippen LogP contribution in [0.25, 0.3) is 0 Å². The molecule has 1 N–H and O–H groups in total. The lowest BCUT2D eigenvalue weighted by molar-refractivity contribution is 0.102. The average Bonchev–Trinajstić information content (AvgIpc) is 3.22. The largest absolute Gasteiger partial charge is 0.447 e. The summed E-state index contributed by atoms with van der Waals surface area (Å²) in [5.74, 6) is 0.0566. The van der Waals surface area contributed by atoms with Gasteiger partial charge in [0.15, 0.2) is 5.69 Å². The second-order valence-corrected chi connectivity index (χ2v) is 8.06. The molecule has 2 heterocycles. The molecule has 162 valence electrons. The summed E-state index contributed by atoms with van der Waals surface area (Å²) in [6.45, 7) is 9.03. The molecule has 0 radical (unpaired) electrons. The van der Waals surface area contributed by atoms with Crippen molar-refractivity contribution in [1.29, 1.82) is 0 Å². The van der Waals surface area contributed by atoms with Gasteiger partial charge in [0, 0.05) is 38.4 Å². The summed E-state index contributed by atoms with van der Waals surface area (Å²) in [6.07, 6.45) is 1.41. The molecule has 6 nitrogen and oxygen atoms in total. The van der Waals surface area contributed by atoms with Crippen LogP contribution in [0.1, 0.15) is 33.1 Å². The van der Waals surface area contributed by atoms with Crippen molar-refractivity contribution in [3.05, 3.63) is 82.8 Å². The van der Waals surface area contributed by atoms with Crippen molar-refractivity contribution in [3.63, 3.8) is 0 Å². The number of rotatable bonds is 6. The fourth-order valence-corrected chi connectivity index (χ4v) is 3.65. The van der Waals surface area contributed by atoms with Gasteiger partial charge in [-0.3, -0.25) is 14.6 Å². The summed E-state index contributed by atoms with van der Waals surface area (Å²) in [6, 6.07) is 12.5. The van der Waals surface area contributed by atoms with Crippen LogP contribution in [0, 0.1) is 19.7 Å². The topological polar surface area (TPSA) is 61.6 Å². The number of nitrogens with zero attached hydrogens (tertiary/aromatic N) is 3. The summed E-state index contributed by atoms with van der Waals surface area (Å²) in [5, 5.41) is 2.87. The van der Waals surface area contributed by atoms with Crippen molar-refractivity contribution in [3.8, 4) is 0 Å². The van der Waals surface area contributed by atoms with E-state index in [1.807, 2.05) is 44.2 Å². The molecule has 2 aromatic carbocycles. The highest BCUT2D eigenvalue weighted by atomic mass is 19.1. The monoisotopic (exact) mass is 422 g/mol. The molecule has 0 spiro atoms. The number of aromatic nitrogens is 1. The lowest BCUT2D eigenvalue weighted by Gasteiger charge is -2.34. The molecule has 4 rings (SSSR count). The Bertz CT molecular complexity index is 1040. The first kappa shape index (κ1) is 21.2. The highest BCUT2D eigenvalue weighted by molar-refractivity contribution is 6.02. The third kappa shape index (κ3) is 5.57. The first-order chi connectivity index (χ1) is 15.0. The zero-order valence-electron chi connectivity index (χ0n) is 17.9. The number of anilines is 1. The van der Waals surface area contributed by atoms with E-state index in [2.05, 4.69) is 20.1 Å². The first-order valence-corrected chi connectivity index (χ1v) is 10.5. The van der Waals surface area contributed by atoms with E-state index in [-0.39, 0.29) is 17.4 Å². The lowest BCUT2D eigenvalue weighted by atomic mass is 10.1. The van der Waals surface area contributed by atoms with Crippen molar-refractivity contribution in [1.82, 2.24) is 14.8 Å². The van der Waals surface area contributed by atoms with Crippen molar-refractivity contribution in [2.75, 3.05) is 31.5 Å². The van der Waals surface area contributed by atoms with E-state index < -0.39 is 0 Å². The predicted molar refractivity (Wildman–Crippen MR) is 117 cm³/mol. The van der Waals surface area contributed by atoms with E-state index in [1.54, 1.807) is 0 Å². The standard InChI is InChI=1S/C24H27FN4O2/c1-17-3-8-21(13-18(17)2)26-24(30)22-16-31-23(27-22)15-29-11-9-28(10-12-29)14-19-4-6-20(25)7-5-19/h3-8,13,16H,9-12,14-15H2,1-2H3,(H,26,30). The molecule has 0 aliphatic carbocycles. The molecule has 7 heteroatoms. The fraction of sp³-hybridized carbons (Fsp3) is 0.333. The van der Waals surface area contributed by atoms with Crippen molar-refractivity contribution < 1.29 is 13.6 Å². The second-order valence-electron chi connectivity index (χ2n) is 8.06. The molecule has 1 aromatic heterocycles. The number of amides is 1. The Hall–Kier alpha value is -3.03. The van der Waals surface area contributed by atoms with Crippen LogP contribution in [-0.4, -0.2) is 46.9 Å². The molecular formula is C24H27FN4O2. The van der Waals surface area contributed by atoms with Gasteiger partial charge >= 0.3 is 0 Å². The highest BCUT2D eigenvalue weighted by Crippen LogP contribution is 2.16. The van der Waals surface area contributed by atoms with E-state index in [9.17, 15) is 9.18 Å². The van der Waals surface area contributed by atoms with Gasteiger partial charge in [0.25, 0.3) is 5.91 Å². The van der Waals surface area contributed by atoms with Crippen LogP contribution < -0.4 is 5.32 Å². The summed E-state index contributed by atoms with van der Waals surface area (Å²) >= 11 is 0. The number of benzene rings is 2. The number of carbonyl (C=O) groups is 1. The molecule has 0 saturated carbocycles. The number of carbonyl (C=O) groups excluding carboxylic acids is 1. The number of halogens is 1. The zero-order valence-corrected chi connectivity index (χ0v) is 17.9. The Morgan fingerprint density at radius 1 is 1.00 bits per heavy atom. The van der Waals surface area contributed by atoms with Gasteiger partial charge in [-0.15, -0.1) is 0 Å². The third-order valence-electron chi connectivity index (χ3n) is 5.69. The van der Waals surface area contributed by atoms with Gasteiger partial charge in [-0.1, -0.05) is 18.2 Å². The molecule has 0 bridgehead atoms. The van der Waals surface area contributed by atoms with Crippen LogP contribution in [0.2, 0.25) is 0 Å². The van der Waals surface area contributed by atoms with Crippen LogP contribution in [0.15, 0.2) is 53.1 Å². The highest BCUT2D eigenvalue weighted by Gasteiger charge is 2.20. The molecule has 1 fully saturated rings. The number of oxazole rings is 1. The number of aryl methyl sites for hydroxylation is 2. The van der Waals surface area contributed by atoms with E-state index in [0.717, 1.165) is 49.5 Å². The average molecular weight is 423 g/mol. The van der Waals surface area contributed by atoms with E-state index in [1.165, 1.54) is 24.0 Å². The molecule has 1 amide bonds. The minimum Gasteiger partial charge on any atom is -0.447 e. The molecule has 0 atom stereocenters. The van der Waals surface area contributed by atoms with Gasteiger partial charge in [0.05, 0.1) is 6.54 Å². The van der Waals surface area contributed by atoms with E-state index in [0.29, 0.717) is 12.4 Å². The van der Waals surface area contributed by atoms with Crippen LogP contribution in [0.3, 0.4) is 0 Å². The SMILES string of the molecule is Cc1ccc(NC(=O)c2coc(CN3CCN(Cc4ccc(F)cc4)CC3)n2)cc1C. The van der Waals surface area contributed by atoms with Gasteiger partial charge in [0.2, 0.25) is 5.89 Å². The maximum Gasteiger partial charge on any atom is 0.277 e. The summed E-state index contributed by atoms with van der Waals surface area (Å²) in [7, 11) is 0. The smallest absolute Gasteiger partial charge is 0.277 e. The maximum absolute atomic E-state index is 13.1. The van der Waals surface area contributed by atoms with Crippen LogP contribution >= 0.6 is 0 Å². The summed E-state index contributed by atoms with van der Waals surface area (Å²) in [4.78, 5) is 21.5. The van der Waals surface area contributed by atoms with E-state index >= 15 is 0 Å². The fourth-order valence-electron chi connectivity index (χ4n) is 3.65. The van der Waals surface area contributed by atoms with Crippen molar-refractivity contribution in [2.24, 2.45) is 0 Å². The number of piperazine rings is 1. The Balaban J connectivity index is 1.26. The van der Waals surface area contributed by atoms with E-state index in [4.69, 9.17) is 4.42 Å². The van der Waals surface area contributed by atoms with Crippen LogP contribution in [0.4, 0.5) is 10.1 Å². The van der Waals surface area contributed by atoms with Crippen molar-refractivity contribution in [2.45, 2.75) is 26.9 Å². The van der Waals surface area contributed by atoms with Gasteiger partial charge < -0.3 is 9.73 Å². The Morgan fingerprint density at radius 2 is 1.68 bits per heavy atom. The van der Waals surface area contributed by atoms with Gasteiger partial charge in [0.1, 0.15) is 12.1 Å². The molecule has 0 unspecified atom stereocenters. The third-order valence-corrected chi connectivity index (χ3v) is 5.69. The Morgan fingerprint density at radius 3 is 2.35 bits per heavy atom. The number of hydrogen-bond acceptors (Lipinski definition) is 5. The molecule has 1 saturated heterocycles. The van der Waals surface area contributed by atoms with Crippen LogP contribution in [0.5, 0.6) is 0 Å². The lowest BCUT2D eigenvalue weighted by Crippen LogP contribution is -2.45. The summed E-state index contributed by atoms with van der Waals surface area (Å²) in [5.41, 5.74) is 4.44. The quantitative estimate of drug-likeness (QED) is 0.651. The Labute approximate surface area is 181 Å². The number of nitrogens with one attached hydrogen (secondary N) is 1. The minimum absolute atomic E-state index is 0.207. The molecule has 1 aliphatic rings. The maximum atomic E-state index is 13.1. The molecular weight excluding hydrogens is 395 g/mol. The van der Waals surface area contributed by atoms with Gasteiger partial charge in [-0.05, 0) is 54.8 Å². The van der Waals surface area contributed by atoms with Gasteiger partial charge in [-0.2, -0.15) is 0 Å². The zero-order chi connectivity index (χ0) is 21.8. The normalized spacial score (nSPS) is 15.2.